The van der Waals surface area contributed by atoms with Gasteiger partial charge in [-0.25, -0.2) is 8.42 Å². The summed E-state index contributed by atoms with van der Waals surface area (Å²) in [6.45, 7) is 9.38. The molecule has 2 amide bonds. The average Bonchev–Trinajstić information content (AvgIpc) is 2.96. The molecule has 0 bridgehead atoms. The Bertz CT molecular complexity index is 1490. The molecule has 3 rings (SSSR count). The van der Waals surface area contributed by atoms with Crippen molar-refractivity contribution in [3.8, 4) is 5.75 Å². The molecule has 226 valence electrons. The summed E-state index contributed by atoms with van der Waals surface area (Å²) in [6.07, 6.45) is 0.334. The standard InChI is InChI=1S/C32H40ClN3O5S/c1-7-29(32(38)34-19-22(2)3)35(20-25-10-8-11-26(18-25)41-6)31(37)21-36(30-13-9-12-28(33)24(30)5)42(39,40)27-16-14-23(4)15-17-27/h8-18,22,29H,7,19-21H2,1-6H3,(H,34,38)/t29-/m0/s1. The Labute approximate surface area is 254 Å². The van der Waals surface area contributed by atoms with Gasteiger partial charge in [-0.15, -0.1) is 0 Å². The van der Waals surface area contributed by atoms with Crippen molar-refractivity contribution in [2.45, 2.75) is 58.5 Å². The molecule has 0 saturated carbocycles. The van der Waals surface area contributed by atoms with Crippen LogP contribution in [0.4, 0.5) is 5.69 Å². The van der Waals surface area contributed by atoms with Crippen molar-refractivity contribution in [1.29, 1.82) is 0 Å². The summed E-state index contributed by atoms with van der Waals surface area (Å²) in [5.41, 5.74) is 2.45. The Hall–Kier alpha value is -3.56. The number of amides is 2. The van der Waals surface area contributed by atoms with Crippen LogP contribution in [0.3, 0.4) is 0 Å². The second kappa shape index (κ2) is 14.6. The number of methoxy groups -OCH3 is 1. The van der Waals surface area contributed by atoms with Gasteiger partial charge < -0.3 is 15.0 Å². The van der Waals surface area contributed by atoms with Gasteiger partial charge in [0.1, 0.15) is 18.3 Å². The van der Waals surface area contributed by atoms with E-state index in [2.05, 4.69) is 5.32 Å². The smallest absolute Gasteiger partial charge is 0.264 e. The van der Waals surface area contributed by atoms with Crippen molar-refractivity contribution in [3.63, 3.8) is 0 Å². The summed E-state index contributed by atoms with van der Waals surface area (Å²) in [5.74, 6) is -0.000900. The molecule has 0 heterocycles. The minimum absolute atomic E-state index is 0.0429. The maximum atomic E-state index is 14.2. The number of carbonyl (C=O) groups excluding carboxylic acids is 2. The van der Waals surface area contributed by atoms with E-state index in [0.29, 0.717) is 29.3 Å². The van der Waals surface area contributed by atoms with E-state index in [1.165, 1.54) is 17.0 Å². The first-order chi connectivity index (χ1) is 19.9. The minimum atomic E-state index is -4.19. The van der Waals surface area contributed by atoms with Crippen molar-refractivity contribution < 1.29 is 22.7 Å². The van der Waals surface area contributed by atoms with Gasteiger partial charge in [-0.2, -0.15) is 0 Å². The maximum absolute atomic E-state index is 14.2. The van der Waals surface area contributed by atoms with Gasteiger partial charge in [0, 0.05) is 18.1 Å². The number of anilines is 1. The third-order valence-corrected chi connectivity index (χ3v) is 9.14. The fourth-order valence-electron chi connectivity index (χ4n) is 4.53. The van der Waals surface area contributed by atoms with E-state index in [4.69, 9.17) is 16.3 Å². The Morgan fingerprint density at radius 1 is 1.00 bits per heavy atom. The molecule has 1 atom stereocenters. The summed E-state index contributed by atoms with van der Waals surface area (Å²) in [5, 5.41) is 3.30. The van der Waals surface area contributed by atoms with E-state index >= 15 is 0 Å². The highest BCUT2D eigenvalue weighted by Gasteiger charge is 2.34. The molecule has 8 nitrogen and oxygen atoms in total. The molecule has 0 unspecified atom stereocenters. The molecule has 3 aromatic rings. The van der Waals surface area contributed by atoms with Crippen molar-refractivity contribution in [2.75, 3.05) is 24.5 Å². The van der Waals surface area contributed by atoms with Crippen LogP contribution in [0.25, 0.3) is 0 Å². The summed E-state index contributed by atoms with van der Waals surface area (Å²) >= 11 is 6.40. The largest absolute Gasteiger partial charge is 0.497 e. The average molecular weight is 614 g/mol. The summed E-state index contributed by atoms with van der Waals surface area (Å²) in [4.78, 5) is 29.1. The van der Waals surface area contributed by atoms with E-state index in [9.17, 15) is 18.0 Å². The lowest BCUT2D eigenvalue weighted by molar-refractivity contribution is -0.140. The van der Waals surface area contributed by atoms with Crippen molar-refractivity contribution in [2.24, 2.45) is 5.92 Å². The van der Waals surface area contributed by atoms with Crippen LogP contribution in [0.5, 0.6) is 5.75 Å². The van der Waals surface area contributed by atoms with Gasteiger partial charge in [0.2, 0.25) is 11.8 Å². The van der Waals surface area contributed by atoms with Gasteiger partial charge in [-0.1, -0.05) is 68.3 Å². The monoisotopic (exact) mass is 613 g/mol. The number of benzene rings is 3. The van der Waals surface area contributed by atoms with E-state index in [1.54, 1.807) is 62.6 Å². The van der Waals surface area contributed by atoms with E-state index in [1.807, 2.05) is 33.8 Å². The molecule has 42 heavy (non-hydrogen) atoms. The molecule has 0 aliphatic heterocycles. The van der Waals surface area contributed by atoms with Gasteiger partial charge in [0.15, 0.2) is 0 Å². The fourth-order valence-corrected chi connectivity index (χ4v) is 6.17. The predicted octanol–water partition coefficient (Wildman–Crippen LogP) is 5.74. The van der Waals surface area contributed by atoms with Gasteiger partial charge in [-0.3, -0.25) is 13.9 Å². The second-order valence-corrected chi connectivity index (χ2v) is 12.9. The molecule has 0 aromatic heterocycles. The first kappa shape index (κ1) is 32.9. The summed E-state index contributed by atoms with van der Waals surface area (Å²) < 4.78 is 34.6. The Morgan fingerprint density at radius 2 is 1.67 bits per heavy atom. The first-order valence-corrected chi connectivity index (χ1v) is 15.7. The molecule has 0 spiro atoms. The lowest BCUT2D eigenvalue weighted by Crippen LogP contribution is -2.52. The van der Waals surface area contributed by atoms with Crippen molar-refractivity contribution in [1.82, 2.24) is 10.2 Å². The first-order valence-electron chi connectivity index (χ1n) is 13.9. The van der Waals surface area contributed by atoms with E-state index in [-0.39, 0.29) is 29.0 Å². The fraction of sp³-hybridized carbons (Fsp3) is 0.375. The number of sulfonamides is 1. The van der Waals surface area contributed by atoms with Crippen molar-refractivity contribution in [3.05, 3.63) is 88.4 Å². The Kier molecular flexibility index (Phi) is 11.4. The highest BCUT2D eigenvalue weighted by molar-refractivity contribution is 7.92. The molecule has 3 aromatic carbocycles. The molecule has 10 heteroatoms. The minimum Gasteiger partial charge on any atom is -0.497 e. The zero-order valence-corrected chi connectivity index (χ0v) is 26.6. The van der Waals surface area contributed by atoms with Crippen LogP contribution in [-0.4, -0.2) is 51.4 Å². The Morgan fingerprint density at radius 3 is 2.29 bits per heavy atom. The third-order valence-electron chi connectivity index (χ3n) is 6.95. The maximum Gasteiger partial charge on any atom is 0.264 e. The van der Waals surface area contributed by atoms with Crippen LogP contribution < -0.4 is 14.4 Å². The van der Waals surface area contributed by atoms with Gasteiger partial charge in [-0.05, 0) is 73.7 Å². The quantitative estimate of drug-likeness (QED) is 0.265. The number of halogens is 1. The third kappa shape index (κ3) is 8.04. The summed E-state index contributed by atoms with van der Waals surface area (Å²) in [7, 11) is -2.64. The molecule has 0 aliphatic rings. The molecular weight excluding hydrogens is 574 g/mol. The number of hydrogen-bond donors (Lipinski definition) is 1. The molecule has 1 N–H and O–H groups in total. The topological polar surface area (TPSA) is 96.0 Å². The number of hydrogen-bond acceptors (Lipinski definition) is 5. The highest BCUT2D eigenvalue weighted by Crippen LogP contribution is 2.31. The van der Waals surface area contributed by atoms with Crippen LogP contribution >= 0.6 is 11.6 Å². The second-order valence-electron chi connectivity index (χ2n) is 10.6. The lowest BCUT2D eigenvalue weighted by Gasteiger charge is -2.33. The zero-order chi connectivity index (χ0) is 31.0. The lowest BCUT2D eigenvalue weighted by atomic mass is 10.1. The zero-order valence-electron chi connectivity index (χ0n) is 25.1. The van der Waals surface area contributed by atoms with Crippen molar-refractivity contribution >= 4 is 39.1 Å². The molecule has 0 aliphatic carbocycles. The van der Waals surface area contributed by atoms with Crippen LogP contribution in [0.1, 0.15) is 43.9 Å². The van der Waals surface area contributed by atoms with Crippen LogP contribution in [-0.2, 0) is 26.2 Å². The molecule has 0 radical (unpaired) electrons. The SMILES string of the molecule is CC[C@@H](C(=O)NCC(C)C)N(Cc1cccc(OC)c1)C(=O)CN(c1cccc(Cl)c1C)S(=O)(=O)c1ccc(C)cc1. The van der Waals surface area contributed by atoms with Gasteiger partial charge in [0.05, 0.1) is 17.7 Å². The number of rotatable bonds is 13. The summed E-state index contributed by atoms with van der Waals surface area (Å²) in [6, 6.07) is 17.8. The Balaban J connectivity index is 2.10. The number of ether oxygens (including phenoxy) is 1. The van der Waals surface area contributed by atoms with E-state index < -0.39 is 28.5 Å². The molecular formula is C32H40ClN3O5S. The normalized spacial score (nSPS) is 12.1. The van der Waals surface area contributed by atoms with E-state index in [0.717, 1.165) is 15.4 Å². The molecule has 0 fully saturated rings. The number of nitrogens with zero attached hydrogens (tertiary/aromatic N) is 2. The van der Waals surface area contributed by atoms with Crippen LogP contribution in [0.2, 0.25) is 5.02 Å². The number of nitrogens with one attached hydrogen (secondary N) is 1. The van der Waals surface area contributed by atoms with Crippen LogP contribution in [0.15, 0.2) is 71.6 Å². The van der Waals surface area contributed by atoms with Crippen LogP contribution in [0, 0.1) is 19.8 Å². The number of carbonyl (C=O) groups is 2. The van der Waals surface area contributed by atoms with Gasteiger partial charge >= 0.3 is 0 Å². The predicted molar refractivity (Wildman–Crippen MR) is 167 cm³/mol. The molecule has 0 saturated heterocycles. The number of aryl methyl sites for hydroxylation is 1. The van der Waals surface area contributed by atoms with Gasteiger partial charge in [0.25, 0.3) is 10.0 Å². The highest BCUT2D eigenvalue weighted by atomic mass is 35.5.